The van der Waals surface area contributed by atoms with Crippen LogP contribution < -0.4 is 0 Å². The van der Waals surface area contributed by atoms with Gasteiger partial charge in [0.25, 0.3) is 0 Å². The lowest BCUT2D eigenvalue weighted by Gasteiger charge is -1.96. The number of hydrogen-bond acceptors (Lipinski definition) is 3. The molecule has 1 aromatic heterocycles. The topological polar surface area (TPSA) is 38.9 Å². The molecular formula is C24H18N2O. The molecule has 3 nitrogen and oxygen atoms in total. The molecule has 3 heteroatoms. The summed E-state index contributed by atoms with van der Waals surface area (Å²) in [5, 5.41) is 8.16. The van der Waals surface area contributed by atoms with Gasteiger partial charge in [0.2, 0.25) is 11.8 Å². The molecule has 0 aliphatic rings. The normalized spacial score (nSPS) is 11.4. The highest BCUT2D eigenvalue weighted by atomic mass is 16.4. The van der Waals surface area contributed by atoms with Crippen LogP contribution >= 0.6 is 0 Å². The average Bonchev–Trinajstić information content (AvgIpc) is 3.22. The van der Waals surface area contributed by atoms with Gasteiger partial charge in [-0.3, -0.25) is 0 Å². The molecule has 1 heterocycles. The largest absolute Gasteiger partial charge is 0.417 e. The van der Waals surface area contributed by atoms with E-state index in [0.29, 0.717) is 11.8 Å². The van der Waals surface area contributed by atoms with E-state index in [0.717, 1.165) is 16.7 Å². The second kappa shape index (κ2) is 8.11. The van der Waals surface area contributed by atoms with Gasteiger partial charge in [0, 0.05) is 11.6 Å². The van der Waals surface area contributed by atoms with Crippen molar-refractivity contribution in [3.63, 3.8) is 0 Å². The molecule has 0 radical (unpaired) electrons. The number of nitrogens with zero attached hydrogens (tertiary/aromatic N) is 2. The van der Waals surface area contributed by atoms with Gasteiger partial charge >= 0.3 is 0 Å². The van der Waals surface area contributed by atoms with Gasteiger partial charge in [-0.1, -0.05) is 84.9 Å². The van der Waals surface area contributed by atoms with Crippen LogP contribution in [0.2, 0.25) is 0 Å². The Kier molecular flexibility index (Phi) is 5.02. The first-order chi connectivity index (χ1) is 13.4. The van der Waals surface area contributed by atoms with E-state index in [1.165, 1.54) is 5.56 Å². The summed E-state index contributed by atoms with van der Waals surface area (Å²) in [5.74, 6) is 1.01. The van der Waals surface area contributed by atoms with Crippen LogP contribution in [0.1, 0.15) is 22.6 Å². The second-order valence-electron chi connectivity index (χ2n) is 6.06. The van der Waals surface area contributed by atoms with Crippen molar-refractivity contribution in [3.05, 3.63) is 108 Å². The molecule has 3 aromatic carbocycles. The van der Waals surface area contributed by atoms with Crippen molar-refractivity contribution in [1.82, 2.24) is 10.2 Å². The molecule has 4 aromatic rings. The van der Waals surface area contributed by atoms with Gasteiger partial charge in [-0.25, -0.2) is 0 Å². The SMILES string of the molecule is C(=Cc1ccc(C=Cc2nnc(-c3ccccc3)o2)cc1)c1ccccc1. The first-order valence-corrected chi connectivity index (χ1v) is 8.77. The summed E-state index contributed by atoms with van der Waals surface area (Å²) in [5.41, 5.74) is 4.33. The molecule has 130 valence electrons. The monoisotopic (exact) mass is 350 g/mol. The lowest BCUT2D eigenvalue weighted by atomic mass is 10.1. The van der Waals surface area contributed by atoms with E-state index in [1.807, 2.05) is 60.7 Å². The van der Waals surface area contributed by atoms with Gasteiger partial charge in [-0.05, 0) is 34.9 Å². The van der Waals surface area contributed by atoms with E-state index in [1.54, 1.807) is 0 Å². The van der Waals surface area contributed by atoms with Crippen molar-refractivity contribution in [1.29, 1.82) is 0 Å². The summed E-state index contributed by atoms with van der Waals surface area (Å²) in [6, 6.07) is 28.3. The van der Waals surface area contributed by atoms with Crippen LogP contribution in [-0.2, 0) is 0 Å². The zero-order valence-electron chi connectivity index (χ0n) is 14.7. The fourth-order valence-corrected chi connectivity index (χ4v) is 2.64. The molecule has 0 amide bonds. The van der Waals surface area contributed by atoms with E-state index in [9.17, 15) is 0 Å². The molecular weight excluding hydrogens is 332 g/mol. The maximum Gasteiger partial charge on any atom is 0.248 e. The third-order valence-electron chi connectivity index (χ3n) is 4.08. The highest BCUT2D eigenvalue weighted by molar-refractivity contribution is 5.71. The van der Waals surface area contributed by atoms with Crippen molar-refractivity contribution in [2.45, 2.75) is 0 Å². The third-order valence-corrected chi connectivity index (χ3v) is 4.08. The number of aromatic nitrogens is 2. The van der Waals surface area contributed by atoms with Crippen LogP contribution in [0.15, 0.2) is 89.3 Å². The molecule has 27 heavy (non-hydrogen) atoms. The Morgan fingerprint density at radius 3 is 1.67 bits per heavy atom. The minimum atomic E-state index is 0.488. The molecule has 0 saturated carbocycles. The van der Waals surface area contributed by atoms with E-state index in [2.05, 4.69) is 58.7 Å². The summed E-state index contributed by atoms with van der Waals surface area (Å²) in [7, 11) is 0. The van der Waals surface area contributed by atoms with Crippen molar-refractivity contribution in [2.24, 2.45) is 0 Å². The van der Waals surface area contributed by atoms with E-state index >= 15 is 0 Å². The van der Waals surface area contributed by atoms with Crippen molar-refractivity contribution in [2.75, 3.05) is 0 Å². The Balaban J connectivity index is 1.43. The predicted octanol–water partition coefficient (Wildman–Crippen LogP) is 6.08. The summed E-state index contributed by atoms with van der Waals surface area (Å²) in [6.07, 6.45) is 8.00. The highest BCUT2D eigenvalue weighted by Gasteiger charge is 2.05. The number of hydrogen-bond donors (Lipinski definition) is 0. The van der Waals surface area contributed by atoms with Gasteiger partial charge in [-0.15, -0.1) is 10.2 Å². The van der Waals surface area contributed by atoms with Crippen LogP contribution in [0, 0.1) is 0 Å². The predicted molar refractivity (Wildman–Crippen MR) is 110 cm³/mol. The zero-order chi connectivity index (χ0) is 18.3. The van der Waals surface area contributed by atoms with E-state index in [4.69, 9.17) is 4.42 Å². The molecule has 0 aliphatic carbocycles. The lowest BCUT2D eigenvalue weighted by molar-refractivity contribution is 0.558. The zero-order valence-corrected chi connectivity index (χ0v) is 14.7. The first-order valence-electron chi connectivity index (χ1n) is 8.77. The Labute approximate surface area is 158 Å². The standard InChI is InChI=1S/C24H18N2O/c1-3-7-19(8-4-1)11-12-20-13-15-21(16-14-20)17-18-23-25-26-24(27-23)22-9-5-2-6-10-22/h1-18H. The molecule has 4 rings (SSSR count). The molecule has 0 atom stereocenters. The Morgan fingerprint density at radius 1 is 0.519 bits per heavy atom. The van der Waals surface area contributed by atoms with E-state index in [-0.39, 0.29) is 0 Å². The fraction of sp³-hybridized carbons (Fsp3) is 0. The number of benzene rings is 3. The van der Waals surface area contributed by atoms with Crippen molar-refractivity contribution >= 4 is 24.3 Å². The minimum absolute atomic E-state index is 0.488. The molecule has 0 unspecified atom stereocenters. The number of rotatable bonds is 5. The average molecular weight is 350 g/mol. The van der Waals surface area contributed by atoms with Gasteiger partial charge in [0.05, 0.1) is 0 Å². The summed E-state index contributed by atoms with van der Waals surface area (Å²) < 4.78 is 5.68. The van der Waals surface area contributed by atoms with Crippen LogP contribution in [0.4, 0.5) is 0 Å². The quantitative estimate of drug-likeness (QED) is 0.410. The summed E-state index contributed by atoms with van der Waals surface area (Å²) in [4.78, 5) is 0. The van der Waals surface area contributed by atoms with Gasteiger partial charge in [0.1, 0.15) is 0 Å². The van der Waals surface area contributed by atoms with Gasteiger partial charge in [-0.2, -0.15) is 0 Å². The lowest BCUT2D eigenvalue weighted by Crippen LogP contribution is -1.76. The smallest absolute Gasteiger partial charge is 0.248 e. The second-order valence-corrected chi connectivity index (χ2v) is 6.06. The maximum atomic E-state index is 5.68. The minimum Gasteiger partial charge on any atom is -0.417 e. The fourth-order valence-electron chi connectivity index (χ4n) is 2.64. The Morgan fingerprint density at radius 2 is 1.04 bits per heavy atom. The first kappa shape index (κ1) is 16.7. The molecule has 0 N–H and O–H groups in total. The van der Waals surface area contributed by atoms with Crippen LogP contribution in [0.5, 0.6) is 0 Å². The van der Waals surface area contributed by atoms with E-state index < -0.39 is 0 Å². The third kappa shape index (κ3) is 4.47. The molecule has 0 fully saturated rings. The molecule has 0 saturated heterocycles. The molecule has 0 aliphatic heterocycles. The van der Waals surface area contributed by atoms with Crippen molar-refractivity contribution < 1.29 is 4.42 Å². The van der Waals surface area contributed by atoms with Crippen LogP contribution in [0.3, 0.4) is 0 Å². The van der Waals surface area contributed by atoms with Crippen LogP contribution in [0.25, 0.3) is 35.8 Å². The van der Waals surface area contributed by atoms with Crippen molar-refractivity contribution in [3.8, 4) is 11.5 Å². The highest BCUT2D eigenvalue weighted by Crippen LogP contribution is 2.18. The summed E-state index contributed by atoms with van der Waals surface area (Å²) in [6.45, 7) is 0. The Bertz CT molecular complexity index is 1050. The molecule has 0 bridgehead atoms. The maximum absolute atomic E-state index is 5.68. The van der Waals surface area contributed by atoms with Gasteiger partial charge in [0.15, 0.2) is 0 Å². The molecule has 0 spiro atoms. The summed E-state index contributed by atoms with van der Waals surface area (Å²) >= 11 is 0. The van der Waals surface area contributed by atoms with Crippen LogP contribution in [-0.4, -0.2) is 10.2 Å². The Hall–Kier alpha value is -3.72. The van der Waals surface area contributed by atoms with Gasteiger partial charge < -0.3 is 4.42 Å².